The Balaban J connectivity index is 1.42. The molecule has 2 aliphatic rings. The molecule has 0 aromatic heterocycles. The number of esters is 1. The van der Waals surface area contributed by atoms with E-state index in [2.05, 4.69) is 5.10 Å². The fourth-order valence-corrected chi connectivity index (χ4v) is 6.24. The average molecular weight is 642 g/mol. The number of carbonyl (C=O) groups is 2. The molecule has 0 aliphatic carbocycles. The van der Waals surface area contributed by atoms with Gasteiger partial charge in [-0.1, -0.05) is 42.5 Å². The second-order valence-corrected chi connectivity index (χ2v) is 10.9. The van der Waals surface area contributed by atoms with Gasteiger partial charge in [0.05, 0.1) is 30.4 Å². The fraction of sp³-hybridized carbons (Fsp3) is 0.108. The Kier molecular flexibility index (Phi) is 7.56. The van der Waals surface area contributed by atoms with Crippen LogP contribution < -0.4 is 18.9 Å². The number of amides is 1. The highest BCUT2D eigenvalue weighted by Gasteiger charge is 2.57. The van der Waals surface area contributed by atoms with Crippen LogP contribution in [0.5, 0.6) is 28.7 Å². The van der Waals surface area contributed by atoms with Crippen molar-refractivity contribution in [3.8, 4) is 28.7 Å². The van der Waals surface area contributed by atoms with Crippen molar-refractivity contribution in [2.45, 2.75) is 12.5 Å². The summed E-state index contributed by atoms with van der Waals surface area (Å²) >= 11 is 0. The fourth-order valence-electron chi connectivity index (χ4n) is 6.24. The molecule has 0 fully saturated rings. The first-order chi connectivity index (χ1) is 23.4. The van der Waals surface area contributed by atoms with Crippen molar-refractivity contribution in [1.82, 2.24) is 5.01 Å². The van der Waals surface area contributed by atoms with Gasteiger partial charge in [0.15, 0.2) is 0 Å². The molecule has 2 aliphatic heterocycles. The first-order valence-electron chi connectivity index (χ1n) is 15.0. The van der Waals surface area contributed by atoms with Crippen LogP contribution in [0.2, 0.25) is 0 Å². The van der Waals surface area contributed by atoms with E-state index in [0.29, 0.717) is 51.9 Å². The highest BCUT2D eigenvalue weighted by molar-refractivity contribution is 6.03. The number of hydrazone groups is 1. The van der Waals surface area contributed by atoms with Gasteiger partial charge in [0.25, 0.3) is 11.6 Å². The van der Waals surface area contributed by atoms with E-state index in [0.717, 1.165) is 0 Å². The molecule has 11 nitrogen and oxygen atoms in total. The third kappa shape index (κ3) is 4.80. The lowest BCUT2D eigenvalue weighted by Gasteiger charge is -2.41. The number of carbonyl (C=O) groups excluding carboxylic acids is 2. The van der Waals surface area contributed by atoms with Crippen LogP contribution in [0.4, 0.5) is 5.69 Å². The quantitative estimate of drug-likeness (QED) is 0.0576. The van der Waals surface area contributed by atoms with Crippen LogP contribution in [0.1, 0.15) is 49.9 Å². The van der Waals surface area contributed by atoms with Crippen LogP contribution in [0.3, 0.4) is 0 Å². The van der Waals surface area contributed by atoms with Gasteiger partial charge in [-0.3, -0.25) is 14.9 Å². The summed E-state index contributed by atoms with van der Waals surface area (Å²) in [6, 6.07) is 30.3. The van der Waals surface area contributed by atoms with Crippen molar-refractivity contribution in [2.75, 3.05) is 13.7 Å². The third-order valence-electron chi connectivity index (χ3n) is 8.26. The van der Waals surface area contributed by atoms with Gasteiger partial charge < -0.3 is 18.9 Å². The Morgan fingerprint density at radius 1 is 0.896 bits per heavy atom. The van der Waals surface area contributed by atoms with Gasteiger partial charge in [-0.15, -0.1) is 0 Å². The van der Waals surface area contributed by atoms with Crippen molar-refractivity contribution >= 4 is 23.8 Å². The van der Waals surface area contributed by atoms with Gasteiger partial charge in [-0.25, -0.2) is 9.80 Å². The Bertz CT molecular complexity index is 2150. The number of fused-ring (bicyclic) bond motifs is 6. The second-order valence-electron chi connectivity index (χ2n) is 10.9. The summed E-state index contributed by atoms with van der Waals surface area (Å²) in [6.45, 7) is 2.28. The smallest absolute Gasteiger partial charge is 0.347 e. The van der Waals surface area contributed by atoms with Crippen LogP contribution in [0.25, 0.3) is 0 Å². The largest absolute Gasteiger partial charge is 0.496 e. The molecule has 7 rings (SSSR count). The molecule has 1 atom stereocenters. The average Bonchev–Trinajstić information content (AvgIpc) is 3.35. The highest BCUT2D eigenvalue weighted by atomic mass is 16.6. The summed E-state index contributed by atoms with van der Waals surface area (Å²) in [4.78, 5) is 38.8. The summed E-state index contributed by atoms with van der Waals surface area (Å²) in [5.41, 5.74) is 1.10. The Labute approximate surface area is 274 Å². The predicted octanol–water partition coefficient (Wildman–Crippen LogP) is 7.11. The van der Waals surface area contributed by atoms with Crippen molar-refractivity contribution in [3.05, 3.63) is 153 Å². The highest BCUT2D eigenvalue weighted by Crippen LogP contribution is 2.58. The molecule has 0 saturated heterocycles. The van der Waals surface area contributed by atoms with Crippen LogP contribution in [0, 0.1) is 10.1 Å². The molecule has 1 spiro atoms. The van der Waals surface area contributed by atoms with Gasteiger partial charge in [0, 0.05) is 40.5 Å². The molecule has 0 saturated carbocycles. The van der Waals surface area contributed by atoms with E-state index in [1.165, 1.54) is 24.4 Å². The Morgan fingerprint density at radius 2 is 1.56 bits per heavy atom. The zero-order valence-electron chi connectivity index (χ0n) is 25.8. The number of hydrogen-bond donors (Lipinski definition) is 0. The standard InChI is InChI=1S/C37H27N3O8/c1-3-46-24-16-18-29-33(20-24)48-34-21-25(47-36(42)27-12-6-9-15-32(27)45-2)17-19-30(34)37(29)28-13-7-5-11-26(28)35(41)39(37)38-22-23-10-4-8-14-31(23)40(43)44/h4-22H,3H2,1-2H3/b38-22+. The zero-order chi connectivity index (χ0) is 33.4. The van der Waals surface area contributed by atoms with Gasteiger partial charge in [-0.05, 0) is 55.5 Å². The van der Waals surface area contributed by atoms with E-state index in [1.54, 1.807) is 84.9 Å². The molecule has 0 radical (unpaired) electrons. The van der Waals surface area contributed by atoms with E-state index in [1.807, 2.05) is 25.1 Å². The minimum atomic E-state index is -1.37. The number of ether oxygens (including phenoxy) is 4. The maximum Gasteiger partial charge on any atom is 0.347 e. The minimum Gasteiger partial charge on any atom is -0.496 e. The van der Waals surface area contributed by atoms with Crippen molar-refractivity contribution in [2.24, 2.45) is 5.10 Å². The molecule has 238 valence electrons. The lowest BCUT2D eigenvalue weighted by Crippen LogP contribution is -2.44. The molecule has 0 N–H and O–H groups in total. The molecule has 1 amide bonds. The summed E-state index contributed by atoms with van der Waals surface area (Å²) in [5.74, 6) is 0.738. The molecular weight excluding hydrogens is 614 g/mol. The molecule has 0 bridgehead atoms. The molecule has 48 heavy (non-hydrogen) atoms. The van der Waals surface area contributed by atoms with Gasteiger partial charge in [0.1, 0.15) is 39.8 Å². The number of hydrogen-bond acceptors (Lipinski definition) is 9. The van der Waals surface area contributed by atoms with Gasteiger partial charge >= 0.3 is 5.97 Å². The second kappa shape index (κ2) is 12.0. The summed E-state index contributed by atoms with van der Waals surface area (Å²) in [5, 5.41) is 17.8. The maximum absolute atomic E-state index is 14.3. The first-order valence-corrected chi connectivity index (χ1v) is 15.0. The Hall–Kier alpha value is -6.49. The number of nitro benzene ring substituents is 1. The van der Waals surface area contributed by atoms with E-state index < -0.39 is 22.3 Å². The molecule has 1 unspecified atom stereocenters. The van der Waals surface area contributed by atoms with E-state index >= 15 is 0 Å². The van der Waals surface area contributed by atoms with Crippen molar-refractivity contribution in [1.29, 1.82) is 0 Å². The zero-order valence-corrected chi connectivity index (χ0v) is 25.8. The SMILES string of the molecule is CCOc1ccc2c(c1)Oc1cc(OC(=O)c3ccccc3OC)ccc1C21c2ccccc2C(=O)N1/N=C/c1ccccc1[N+](=O)[O-]. The van der Waals surface area contributed by atoms with Crippen molar-refractivity contribution < 1.29 is 33.5 Å². The number of benzene rings is 5. The van der Waals surface area contributed by atoms with Crippen molar-refractivity contribution in [3.63, 3.8) is 0 Å². The van der Waals surface area contributed by atoms with E-state index in [9.17, 15) is 19.7 Å². The number of para-hydroxylation sites is 2. The minimum absolute atomic E-state index is 0.157. The number of rotatable bonds is 8. The maximum atomic E-state index is 14.3. The van der Waals surface area contributed by atoms with Gasteiger partial charge in [0.2, 0.25) is 0 Å². The molecule has 5 aromatic rings. The summed E-state index contributed by atoms with van der Waals surface area (Å²) in [6.07, 6.45) is 1.32. The van der Waals surface area contributed by atoms with Crippen LogP contribution >= 0.6 is 0 Å². The number of nitrogens with zero attached hydrogens (tertiary/aromatic N) is 3. The van der Waals surface area contributed by atoms with Crippen LogP contribution in [-0.4, -0.2) is 41.7 Å². The molecular formula is C37H27N3O8. The molecule has 2 heterocycles. The summed E-state index contributed by atoms with van der Waals surface area (Å²) in [7, 11) is 1.47. The topological polar surface area (TPSA) is 130 Å². The Morgan fingerprint density at radius 3 is 2.31 bits per heavy atom. The first kappa shape index (κ1) is 30.2. The van der Waals surface area contributed by atoms with Gasteiger partial charge in [-0.2, -0.15) is 5.10 Å². The third-order valence-corrected chi connectivity index (χ3v) is 8.26. The van der Waals surface area contributed by atoms with Crippen LogP contribution in [0.15, 0.2) is 114 Å². The van der Waals surface area contributed by atoms with Crippen LogP contribution in [-0.2, 0) is 5.54 Å². The lowest BCUT2D eigenvalue weighted by atomic mass is 9.75. The summed E-state index contributed by atoms with van der Waals surface area (Å²) < 4.78 is 23.3. The monoisotopic (exact) mass is 641 g/mol. The number of methoxy groups -OCH3 is 1. The lowest BCUT2D eigenvalue weighted by molar-refractivity contribution is -0.385. The molecule has 11 heteroatoms. The predicted molar refractivity (Wildman–Crippen MR) is 175 cm³/mol. The van der Waals surface area contributed by atoms with E-state index in [-0.39, 0.29) is 22.6 Å². The normalized spacial score (nSPS) is 15.8. The molecule has 5 aromatic carbocycles. The van der Waals surface area contributed by atoms with E-state index in [4.69, 9.17) is 18.9 Å². The number of nitro groups is 1.